The molecule has 0 amide bonds. The van der Waals surface area contributed by atoms with E-state index in [-0.39, 0.29) is 0 Å². The average Bonchev–Trinajstić information content (AvgIpc) is 1.60. The van der Waals surface area contributed by atoms with E-state index in [2.05, 4.69) is 374 Å². The minimum absolute atomic E-state index is 1.08. The second-order valence-electron chi connectivity index (χ2n) is 24.2. The zero-order valence-corrected chi connectivity index (χ0v) is 52.0. The number of fused-ring (bicyclic) bond motifs is 4. The van der Waals surface area contributed by atoms with Crippen LogP contribution in [0.2, 0.25) is 0 Å². The molecular formula is C88H66N4. The molecule has 0 aliphatic heterocycles. The van der Waals surface area contributed by atoms with Crippen molar-refractivity contribution in [3.05, 3.63) is 350 Å². The lowest BCUT2D eigenvalue weighted by atomic mass is 9.93. The number of rotatable bonds is 13. The van der Waals surface area contributed by atoms with Crippen molar-refractivity contribution in [1.29, 1.82) is 0 Å². The Labute approximate surface area is 538 Å². The number of aryl methyl sites for hydroxylation is 2. The van der Waals surface area contributed by atoms with Crippen LogP contribution in [0.4, 0.5) is 34.1 Å². The van der Waals surface area contributed by atoms with Crippen molar-refractivity contribution in [3.8, 4) is 67.0 Å². The van der Waals surface area contributed by atoms with Crippen LogP contribution >= 0.6 is 0 Å². The standard InChI is InChI=1S/C88H66N4/c1-59-61(3)89(71-41-45-73(46-42-71)91(85-37-21-33-65-31-17-19-35-79(65)85)75-49-51-77(63-23-9-5-10-24-63)83(57-75)67-27-13-7-14-28-67)87-53-39-69(55-81(59)87)70-40-54-88-82(56-70)60(2)62(4)90(88)72-43-47-74(48-44-72)92(86-38-22-34-66-32-18-20-36-80(66)86)76-50-52-78(64-25-11-6-12-26-64)84(58-76)68-29-15-8-16-30-68/h5-58H,1-4H3. The first-order valence-corrected chi connectivity index (χ1v) is 31.8. The molecule has 0 N–H and O–H groups in total. The first-order valence-electron chi connectivity index (χ1n) is 31.8. The highest BCUT2D eigenvalue weighted by Gasteiger charge is 2.23. The van der Waals surface area contributed by atoms with Gasteiger partial charge >= 0.3 is 0 Å². The number of hydrogen-bond acceptors (Lipinski definition) is 2. The molecule has 0 fully saturated rings. The summed E-state index contributed by atoms with van der Waals surface area (Å²) in [6.07, 6.45) is 0. The highest BCUT2D eigenvalue weighted by molar-refractivity contribution is 6.02. The Balaban J connectivity index is 0.734. The number of aromatic nitrogens is 2. The van der Waals surface area contributed by atoms with Gasteiger partial charge in [0, 0.05) is 67.1 Å². The van der Waals surface area contributed by atoms with Gasteiger partial charge in [-0.1, -0.05) is 218 Å². The summed E-state index contributed by atoms with van der Waals surface area (Å²) in [6.45, 7) is 9.05. The Bertz CT molecular complexity index is 5060. The molecule has 438 valence electrons. The van der Waals surface area contributed by atoms with Crippen LogP contribution in [0.15, 0.2) is 328 Å². The fourth-order valence-electron chi connectivity index (χ4n) is 14.1. The summed E-state index contributed by atoms with van der Waals surface area (Å²) in [7, 11) is 0. The average molecular weight is 1180 g/mol. The quantitative estimate of drug-likeness (QED) is 0.114. The van der Waals surface area contributed by atoms with Crippen LogP contribution in [0, 0.1) is 27.7 Å². The number of benzene rings is 14. The molecule has 4 heteroatoms. The predicted octanol–water partition coefficient (Wildman–Crippen LogP) is 24.4. The van der Waals surface area contributed by atoms with E-state index < -0.39 is 0 Å². The largest absolute Gasteiger partial charge is 0.314 e. The lowest BCUT2D eigenvalue weighted by Gasteiger charge is -2.28. The van der Waals surface area contributed by atoms with E-state index in [9.17, 15) is 0 Å². The first-order chi connectivity index (χ1) is 45.3. The van der Waals surface area contributed by atoms with Crippen molar-refractivity contribution in [2.75, 3.05) is 9.80 Å². The molecule has 16 rings (SSSR count). The normalized spacial score (nSPS) is 11.5. The fourth-order valence-corrected chi connectivity index (χ4v) is 14.1. The Morgan fingerprint density at radius 3 is 0.935 bits per heavy atom. The van der Waals surface area contributed by atoms with Gasteiger partial charge < -0.3 is 18.9 Å². The highest BCUT2D eigenvalue weighted by atomic mass is 15.2. The topological polar surface area (TPSA) is 16.3 Å². The van der Waals surface area contributed by atoms with Gasteiger partial charge in [0.05, 0.1) is 22.4 Å². The molecule has 16 aromatic rings. The number of nitrogens with zero attached hydrogens (tertiary/aromatic N) is 4. The Morgan fingerprint density at radius 2 is 0.554 bits per heavy atom. The van der Waals surface area contributed by atoms with Gasteiger partial charge in [-0.25, -0.2) is 0 Å². The first kappa shape index (κ1) is 55.6. The molecule has 0 atom stereocenters. The van der Waals surface area contributed by atoms with E-state index in [1.807, 2.05) is 0 Å². The monoisotopic (exact) mass is 1180 g/mol. The summed E-state index contributed by atoms with van der Waals surface area (Å²) < 4.78 is 4.85. The van der Waals surface area contributed by atoms with Gasteiger partial charge in [0.25, 0.3) is 0 Å². The van der Waals surface area contributed by atoms with E-state index >= 15 is 0 Å². The van der Waals surface area contributed by atoms with E-state index in [4.69, 9.17) is 0 Å². The summed E-state index contributed by atoms with van der Waals surface area (Å²) >= 11 is 0. The predicted molar refractivity (Wildman–Crippen MR) is 391 cm³/mol. The maximum absolute atomic E-state index is 2.43. The zero-order chi connectivity index (χ0) is 61.8. The molecule has 2 aromatic heterocycles. The second-order valence-corrected chi connectivity index (χ2v) is 24.2. The van der Waals surface area contributed by atoms with E-state index in [0.717, 1.165) is 45.5 Å². The molecule has 0 saturated heterocycles. The van der Waals surface area contributed by atoms with Crippen molar-refractivity contribution in [2.45, 2.75) is 27.7 Å². The van der Waals surface area contributed by atoms with Crippen molar-refractivity contribution in [1.82, 2.24) is 9.13 Å². The summed E-state index contributed by atoms with van der Waals surface area (Å²) in [5, 5.41) is 7.29. The molecule has 0 radical (unpaired) electrons. The summed E-state index contributed by atoms with van der Waals surface area (Å²) in [5.74, 6) is 0. The van der Waals surface area contributed by atoms with E-state index in [0.29, 0.717) is 0 Å². The van der Waals surface area contributed by atoms with Gasteiger partial charge in [-0.05, 0) is 214 Å². The molecule has 0 saturated carbocycles. The van der Waals surface area contributed by atoms with Crippen LogP contribution in [0.1, 0.15) is 22.5 Å². The van der Waals surface area contributed by atoms with Crippen molar-refractivity contribution < 1.29 is 0 Å². The molecule has 14 aromatic carbocycles. The third-order valence-electron chi connectivity index (χ3n) is 19.0. The van der Waals surface area contributed by atoms with Crippen LogP contribution in [0.5, 0.6) is 0 Å². The van der Waals surface area contributed by atoms with Crippen LogP contribution in [0.3, 0.4) is 0 Å². The van der Waals surface area contributed by atoms with Crippen LogP contribution in [-0.4, -0.2) is 9.13 Å². The molecular weight excluding hydrogens is 1110 g/mol. The lowest BCUT2D eigenvalue weighted by Crippen LogP contribution is -2.11. The third-order valence-corrected chi connectivity index (χ3v) is 19.0. The summed E-state index contributed by atoms with van der Waals surface area (Å²) in [6, 6.07) is 120. The van der Waals surface area contributed by atoms with Gasteiger partial charge in [-0.15, -0.1) is 0 Å². The van der Waals surface area contributed by atoms with Crippen LogP contribution in [-0.2, 0) is 0 Å². The molecule has 0 aliphatic carbocycles. The van der Waals surface area contributed by atoms with Gasteiger partial charge in [0.1, 0.15) is 0 Å². The van der Waals surface area contributed by atoms with Gasteiger partial charge in [-0.2, -0.15) is 0 Å². The second kappa shape index (κ2) is 23.3. The third kappa shape index (κ3) is 9.81. The minimum Gasteiger partial charge on any atom is -0.314 e. The van der Waals surface area contributed by atoms with Crippen molar-refractivity contribution in [2.24, 2.45) is 0 Å². The van der Waals surface area contributed by atoms with E-state index in [1.165, 1.54) is 122 Å². The van der Waals surface area contributed by atoms with Gasteiger partial charge in [0.15, 0.2) is 0 Å². The number of anilines is 6. The van der Waals surface area contributed by atoms with Crippen LogP contribution in [0.25, 0.3) is 110 Å². The highest BCUT2D eigenvalue weighted by Crippen LogP contribution is 2.46. The Kier molecular flexibility index (Phi) is 14.1. The van der Waals surface area contributed by atoms with E-state index in [1.54, 1.807) is 0 Å². The molecule has 4 nitrogen and oxygen atoms in total. The van der Waals surface area contributed by atoms with Crippen molar-refractivity contribution >= 4 is 77.5 Å². The SMILES string of the molecule is Cc1c(C)n(-c2ccc(N(c3ccc(-c4ccccc4)c(-c4ccccc4)c3)c3cccc4ccccc34)cc2)c2ccc(-c3ccc4c(c3)c(C)c(C)n4-c3ccc(N(c4ccc(-c5ccccc5)c(-c5ccccc5)c4)c4cccc5ccccc45)cc3)cc12. The lowest BCUT2D eigenvalue weighted by molar-refractivity contribution is 1.04. The minimum atomic E-state index is 1.08. The van der Waals surface area contributed by atoms with Gasteiger partial charge in [0.2, 0.25) is 0 Å². The summed E-state index contributed by atoms with van der Waals surface area (Å²) in [5.41, 5.74) is 28.1. The number of hydrogen-bond donors (Lipinski definition) is 0. The fraction of sp³-hybridized carbons (Fsp3) is 0.0455. The van der Waals surface area contributed by atoms with Gasteiger partial charge in [-0.3, -0.25) is 0 Å². The molecule has 92 heavy (non-hydrogen) atoms. The molecule has 0 aliphatic rings. The molecule has 0 bridgehead atoms. The smallest absolute Gasteiger partial charge is 0.0540 e. The maximum Gasteiger partial charge on any atom is 0.0540 e. The maximum atomic E-state index is 2.43. The molecule has 0 spiro atoms. The zero-order valence-electron chi connectivity index (χ0n) is 52.0. The summed E-state index contributed by atoms with van der Waals surface area (Å²) in [4.78, 5) is 4.84. The Morgan fingerprint density at radius 1 is 0.228 bits per heavy atom. The molecule has 2 heterocycles. The Hall–Kier alpha value is -11.7. The molecule has 0 unspecified atom stereocenters. The van der Waals surface area contributed by atoms with Crippen molar-refractivity contribution in [3.63, 3.8) is 0 Å². The van der Waals surface area contributed by atoms with Crippen LogP contribution < -0.4 is 9.80 Å².